The molecule has 3 aromatic rings. The first-order chi connectivity index (χ1) is 14.1. The molecule has 1 heterocycles. The number of benzene rings is 2. The summed E-state index contributed by atoms with van der Waals surface area (Å²) in [5.41, 5.74) is 1.62. The van der Waals surface area contributed by atoms with Gasteiger partial charge in [0.25, 0.3) is 0 Å². The molecular formula is C24H17F2NS2. The fourth-order valence-corrected chi connectivity index (χ4v) is 4.48. The minimum absolute atomic E-state index is 0.221. The number of nitrogens with zero attached hydrogens (tertiary/aromatic N) is 1. The standard InChI is InChI=1S/C24H17F2NS2/c25-22-13-18(24-11-9-20(29-24)12-17-2-1-3-17)14-23(26)21(22)10-6-16-4-7-19(8-5-16)27-15-28/h4-5,7-9,11,13-14,17H,1-3,12H2. The highest BCUT2D eigenvalue weighted by atomic mass is 32.1. The Balaban J connectivity index is 1.55. The summed E-state index contributed by atoms with van der Waals surface area (Å²) in [7, 11) is 0. The molecule has 0 unspecified atom stereocenters. The second-order valence-corrected chi connectivity index (χ2v) is 8.43. The van der Waals surface area contributed by atoms with E-state index in [2.05, 4.69) is 40.3 Å². The van der Waals surface area contributed by atoms with Crippen molar-refractivity contribution in [2.45, 2.75) is 25.7 Å². The molecule has 1 nitrogen and oxygen atoms in total. The molecule has 1 saturated carbocycles. The highest BCUT2D eigenvalue weighted by molar-refractivity contribution is 7.78. The molecule has 1 aliphatic carbocycles. The van der Waals surface area contributed by atoms with Gasteiger partial charge >= 0.3 is 0 Å². The van der Waals surface area contributed by atoms with Crippen LogP contribution in [0.25, 0.3) is 10.4 Å². The highest BCUT2D eigenvalue weighted by Crippen LogP contribution is 2.35. The molecule has 5 heteroatoms. The number of rotatable bonds is 4. The molecule has 0 N–H and O–H groups in total. The van der Waals surface area contributed by atoms with Gasteiger partial charge in [-0.1, -0.05) is 31.1 Å². The van der Waals surface area contributed by atoms with Crippen LogP contribution in [0, 0.1) is 29.4 Å². The molecule has 1 aliphatic rings. The maximum absolute atomic E-state index is 14.6. The van der Waals surface area contributed by atoms with Gasteiger partial charge in [0.15, 0.2) is 0 Å². The normalized spacial score (nSPS) is 13.2. The zero-order valence-corrected chi connectivity index (χ0v) is 17.2. The summed E-state index contributed by atoms with van der Waals surface area (Å²) in [6.45, 7) is 0. The van der Waals surface area contributed by atoms with Crippen molar-refractivity contribution in [1.82, 2.24) is 0 Å². The Morgan fingerprint density at radius 2 is 1.72 bits per heavy atom. The predicted octanol–water partition coefficient (Wildman–Crippen LogP) is 7.17. The molecule has 0 bridgehead atoms. The van der Waals surface area contributed by atoms with Crippen LogP contribution in [-0.2, 0) is 6.42 Å². The lowest BCUT2D eigenvalue weighted by molar-refractivity contribution is 0.316. The topological polar surface area (TPSA) is 12.4 Å². The Morgan fingerprint density at radius 3 is 2.34 bits per heavy atom. The zero-order chi connectivity index (χ0) is 20.2. The lowest BCUT2D eigenvalue weighted by Gasteiger charge is -2.24. The van der Waals surface area contributed by atoms with Crippen molar-refractivity contribution in [1.29, 1.82) is 0 Å². The number of isothiocyanates is 1. The van der Waals surface area contributed by atoms with Crippen LogP contribution in [0.4, 0.5) is 14.5 Å². The molecule has 0 atom stereocenters. The summed E-state index contributed by atoms with van der Waals surface area (Å²) in [6.07, 6.45) is 4.94. The van der Waals surface area contributed by atoms with Crippen molar-refractivity contribution in [3.63, 3.8) is 0 Å². The van der Waals surface area contributed by atoms with Gasteiger partial charge in [0.05, 0.1) is 16.4 Å². The number of thiocarbonyl (C=S) groups is 1. The lowest BCUT2D eigenvalue weighted by Crippen LogP contribution is -2.12. The van der Waals surface area contributed by atoms with Crippen molar-refractivity contribution >= 4 is 34.4 Å². The smallest absolute Gasteiger partial charge is 0.142 e. The first-order valence-electron chi connectivity index (χ1n) is 9.40. The molecule has 0 radical (unpaired) electrons. The van der Waals surface area contributed by atoms with Gasteiger partial charge in [0.2, 0.25) is 0 Å². The molecular weight excluding hydrogens is 404 g/mol. The van der Waals surface area contributed by atoms with E-state index in [-0.39, 0.29) is 5.56 Å². The fourth-order valence-electron chi connectivity index (χ4n) is 3.27. The quantitative estimate of drug-likeness (QED) is 0.247. The second kappa shape index (κ2) is 8.80. The monoisotopic (exact) mass is 421 g/mol. The molecule has 0 amide bonds. The van der Waals surface area contributed by atoms with Crippen molar-refractivity contribution in [2.24, 2.45) is 10.9 Å². The Labute approximate surface area is 178 Å². The molecule has 1 fully saturated rings. The third kappa shape index (κ3) is 4.68. The largest absolute Gasteiger partial charge is 0.205 e. The summed E-state index contributed by atoms with van der Waals surface area (Å²) in [5.74, 6) is 4.87. The number of hydrogen-bond donors (Lipinski definition) is 0. The lowest BCUT2D eigenvalue weighted by atomic mass is 9.83. The molecule has 1 aromatic heterocycles. The average molecular weight is 422 g/mol. The molecule has 0 spiro atoms. The summed E-state index contributed by atoms with van der Waals surface area (Å²) < 4.78 is 29.1. The third-order valence-electron chi connectivity index (χ3n) is 5.08. The van der Waals surface area contributed by atoms with Crippen LogP contribution in [0.1, 0.15) is 35.3 Å². The van der Waals surface area contributed by atoms with Crippen molar-refractivity contribution in [2.75, 3.05) is 0 Å². The number of aliphatic imine (C=N–C) groups is 1. The van der Waals surface area contributed by atoms with Crippen LogP contribution in [0.15, 0.2) is 53.5 Å². The predicted molar refractivity (Wildman–Crippen MR) is 118 cm³/mol. The van der Waals surface area contributed by atoms with Gasteiger partial charge in [0, 0.05) is 15.3 Å². The van der Waals surface area contributed by atoms with Crippen LogP contribution in [-0.4, -0.2) is 5.16 Å². The molecule has 29 heavy (non-hydrogen) atoms. The summed E-state index contributed by atoms with van der Waals surface area (Å²) in [5, 5.41) is 2.29. The average Bonchev–Trinajstić information content (AvgIpc) is 3.14. The Hall–Kier alpha value is -2.64. The van der Waals surface area contributed by atoms with E-state index in [0.717, 1.165) is 17.2 Å². The Kier molecular flexibility index (Phi) is 5.97. The maximum Gasteiger partial charge on any atom is 0.142 e. The summed E-state index contributed by atoms with van der Waals surface area (Å²) in [6, 6.07) is 13.6. The van der Waals surface area contributed by atoms with E-state index in [1.807, 2.05) is 6.07 Å². The van der Waals surface area contributed by atoms with E-state index in [9.17, 15) is 8.78 Å². The SMILES string of the molecule is Fc1cc(-c2ccc(CC3CCC3)s2)cc(F)c1C#Cc1ccc(N=C=S)cc1. The highest BCUT2D eigenvalue weighted by Gasteiger charge is 2.19. The third-order valence-corrected chi connectivity index (χ3v) is 6.32. The van der Waals surface area contributed by atoms with E-state index >= 15 is 0 Å². The Bertz CT molecular complexity index is 1120. The van der Waals surface area contributed by atoms with Crippen LogP contribution in [0.3, 0.4) is 0 Å². The van der Waals surface area contributed by atoms with Gasteiger partial charge in [-0.05, 0) is 78.7 Å². The molecule has 0 saturated heterocycles. The number of hydrogen-bond acceptors (Lipinski definition) is 3. The molecule has 144 valence electrons. The maximum atomic E-state index is 14.6. The second-order valence-electron chi connectivity index (χ2n) is 7.08. The van der Waals surface area contributed by atoms with E-state index < -0.39 is 11.6 Å². The Morgan fingerprint density at radius 1 is 1.00 bits per heavy atom. The van der Waals surface area contributed by atoms with Gasteiger partial charge in [0.1, 0.15) is 11.6 Å². The van der Waals surface area contributed by atoms with E-state index in [4.69, 9.17) is 0 Å². The van der Waals surface area contributed by atoms with Crippen molar-refractivity contribution in [3.8, 4) is 22.3 Å². The first kappa shape index (κ1) is 19.7. The van der Waals surface area contributed by atoms with E-state index in [0.29, 0.717) is 16.8 Å². The zero-order valence-electron chi connectivity index (χ0n) is 15.5. The van der Waals surface area contributed by atoms with Gasteiger partial charge < -0.3 is 0 Å². The number of thiophene rings is 1. The summed E-state index contributed by atoms with van der Waals surface area (Å²) >= 11 is 6.17. The van der Waals surface area contributed by atoms with Crippen molar-refractivity contribution < 1.29 is 8.78 Å². The van der Waals surface area contributed by atoms with Crippen LogP contribution in [0.2, 0.25) is 0 Å². The number of halogens is 2. The first-order valence-corrected chi connectivity index (χ1v) is 10.6. The van der Waals surface area contributed by atoms with Crippen molar-refractivity contribution in [3.05, 3.63) is 76.2 Å². The van der Waals surface area contributed by atoms with E-state index in [1.54, 1.807) is 35.6 Å². The van der Waals surface area contributed by atoms with Crippen LogP contribution in [0.5, 0.6) is 0 Å². The minimum atomic E-state index is -0.650. The van der Waals surface area contributed by atoms with Gasteiger partial charge in [-0.2, -0.15) is 4.99 Å². The molecule has 4 rings (SSSR count). The van der Waals surface area contributed by atoms with Crippen LogP contribution >= 0.6 is 23.6 Å². The molecule has 0 aliphatic heterocycles. The minimum Gasteiger partial charge on any atom is -0.205 e. The fraction of sp³-hybridized carbons (Fsp3) is 0.208. The van der Waals surface area contributed by atoms with E-state index in [1.165, 1.54) is 36.3 Å². The van der Waals surface area contributed by atoms with Gasteiger partial charge in [-0.3, -0.25) is 0 Å². The van der Waals surface area contributed by atoms with Gasteiger partial charge in [-0.25, -0.2) is 8.78 Å². The summed E-state index contributed by atoms with van der Waals surface area (Å²) in [4.78, 5) is 6.01. The van der Waals surface area contributed by atoms with Crippen LogP contribution < -0.4 is 0 Å². The molecule has 2 aromatic carbocycles. The van der Waals surface area contributed by atoms with Gasteiger partial charge in [-0.15, -0.1) is 11.3 Å².